The minimum absolute atomic E-state index is 0.168. The fourth-order valence-corrected chi connectivity index (χ4v) is 2.81. The summed E-state index contributed by atoms with van der Waals surface area (Å²) in [6.07, 6.45) is 1.41. The Labute approximate surface area is 121 Å². The van der Waals surface area contributed by atoms with Crippen molar-refractivity contribution < 1.29 is 19.1 Å². The van der Waals surface area contributed by atoms with Gasteiger partial charge in [-0.2, -0.15) is 0 Å². The quantitative estimate of drug-likeness (QED) is 0.694. The summed E-state index contributed by atoms with van der Waals surface area (Å²) in [6, 6.07) is 2.75. The summed E-state index contributed by atoms with van der Waals surface area (Å²) in [7, 11) is 0. The molecular formula is C16H16O5. The lowest BCUT2D eigenvalue weighted by Crippen LogP contribution is -2.23. The van der Waals surface area contributed by atoms with E-state index in [1.807, 2.05) is 13.8 Å². The minimum atomic E-state index is -0.468. The van der Waals surface area contributed by atoms with Crippen LogP contribution < -0.4 is 10.4 Å². The van der Waals surface area contributed by atoms with E-state index in [0.29, 0.717) is 30.4 Å². The van der Waals surface area contributed by atoms with E-state index in [4.69, 9.17) is 9.15 Å². The topological polar surface area (TPSA) is 76.7 Å². The van der Waals surface area contributed by atoms with Crippen LogP contribution in [0.4, 0.5) is 0 Å². The number of phenols is 1. The summed E-state index contributed by atoms with van der Waals surface area (Å²) >= 11 is 0. The normalized spacial score (nSPS) is 16.8. The summed E-state index contributed by atoms with van der Waals surface area (Å²) < 4.78 is 10.9. The largest absolute Gasteiger partial charge is 0.507 e. The highest BCUT2D eigenvalue weighted by atomic mass is 16.5. The van der Waals surface area contributed by atoms with Crippen molar-refractivity contribution in [2.24, 2.45) is 0 Å². The van der Waals surface area contributed by atoms with Crippen LogP contribution in [0, 0.1) is 0 Å². The van der Waals surface area contributed by atoms with Gasteiger partial charge >= 0.3 is 5.63 Å². The summed E-state index contributed by atoms with van der Waals surface area (Å²) in [5.74, 6) is -0.0375. The molecule has 0 saturated carbocycles. The van der Waals surface area contributed by atoms with Crippen LogP contribution in [0.15, 0.2) is 21.3 Å². The van der Waals surface area contributed by atoms with Crippen LogP contribution in [0.3, 0.4) is 0 Å². The molecule has 1 aromatic carbocycles. The van der Waals surface area contributed by atoms with Gasteiger partial charge < -0.3 is 14.3 Å². The van der Waals surface area contributed by atoms with E-state index in [9.17, 15) is 14.7 Å². The van der Waals surface area contributed by atoms with Crippen molar-refractivity contribution in [1.82, 2.24) is 0 Å². The maximum absolute atomic E-state index is 12.3. The first-order chi connectivity index (χ1) is 10.0. The number of hydrogen-bond donors (Lipinski definition) is 1. The molecule has 21 heavy (non-hydrogen) atoms. The monoisotopic (exact) mass is 288 g/mol. The number of phenolic OH excluding ortho intramolecular Hbond substituents is 1. The highest BCUT2D eigenvalue weighted by Crippen LogP contribution is 2.42. The SMILES string of the molecule is CCCC(=O)c1c(O)cc2oc(=O)cc3c2c1OC(C)C3. The number of hydrogen-bond acceptors (Lipinski definition) is 5. The molecule has 0 saturated heterocycles. The smallest absolute Gasteiger partial charge is 0.336 e. The molecule has 0 spiro atoms. The van der Waals surface area contributed by atoms with Gasteiger partial charge in [0.1, 0.15) is 28.7 Å². The molecule has 0 aliphatic carbocycles. The molecule has 1 aromatic heterocycles. The summed E-state index contributed by atoms with van der Waals surface area (Å²) in [4.78, 5) is 23.8. The Balaban J connectivity index is 2.37. The lowest BCUT2D eigenvalue weighted by molar-refractivity contribution is 0.0972. The van der Waals surface area contributed by atoms with Gasteiger partial charge in [0, 0.05) is 25.0 Å². The molecule has 1 aliphatic rings. The van der Waals surface area contributed by atoms with Gasteiger partial charge in [-0.05, 0) is 18.9 Å². The molecule has 0 fully saturated rings. The van der Waals surface area contributed by atoms with Crippen molar-refractivity contribution >= 4 is 16.8 Å². The van der Waals surface area contributed by atoms with Crippen molar-refractivity contribution in [3.8, 4) is 11.5 Å². The fraction of sp³-hybridized carbons (Fsp3) is 0.375. The Hall–Kier alpha value is -2.30. The van der Waals surface area contributed by atoms with Crippen molar-refractivity contribution in [2.45, 2.75) is 39.2 Å². The van der Waals surface area contributed by atoms with Gasteiger partial charge in [-0.15, -0.1) is 0 Å². The van der Waals surface area contributed by atoms with Crippen molar-refractivity contribution in [2.75, 3.05) is 0 Å². The summed E-state index contributed by atoms with van der Waals surface area (Å²) in [5, 5.41) is 10.8. The molecule has 2 aromatic rings. The second-order valence-electron chi connectivity index (χ2n) is 5.37. The van der Waals surface area contributed by atoms with E-state index >= 15 is 0 Å². The predicted molar refractivity (Wildman–Crippen MR) is 77.2 cm³/mol. The van der Waals surface area contributed by atoms with E-state index in [-0.39, 0.29) is 28.8 Å². The molecule has 1 unspecified atom stereocenters. The minimum Gasteiger partial charge on any atom is -0.507 e. The molecule has 110 valence electrons. The van der Waals surface area contributed by atoms with E-state index in [2.05, 4.69) is 0 Å². The molecule has 0 amide bonds. The van der Waals surface area contributed by atoms with Gasteiger partial charge in [-0.1, -0.05) is 6.92 Å². The highest BCUT2D eigenvalue weighted by molar-refractivity contribution is 6.07. The van der Waals surface area contributed by atoms with Crippen LogP contribution in [0.25, 0.3) is 11.0 Å². The van der Waals surface area contributed by atoms with E-state index in [1.165, 1.54) is 12.1 Å². The van der Waals surface area contributed by atoms with Gasteiger partial charge in [0.25, 0.3) is 0 Å². The maximum atomic E-state index is 12.3. The number of benzene rings is 1. The number of carbonyl (C=O) groups is 1. The van der Waals surface area contributed by atoms with Gasteiger partial charge in [0.2, 0.25) is 0 Å². The average Bonchev–Trinajstić information content (AvgIpc) is 2.37. The van der Waals surface area contributed by atoms with Crippen LogP contribution in [0.1, 0.15) is 42.6 Å². The van der Waals surface area contributed by atoms with Crippen molar-refractivity contribution in [3.05, 3.63) is 33.7 Å². The van der Waals surface area contributed by atoms with Gasteiger partial charge in [-0.3, -0.25) is 4.79 Å². The Bertz CT molecular complexity index is 787. The van der Waals surface area contributed by atoms with E-state index in [0.717, 1.165) is 5.56 Å². The van der Waals surface area contributed by atoms with Crippen LogP contribution >= 0.6 is 0 Å². The lowest BCUT2D eigenvalue weighted by atomic mass is 9.95. The van der Waals surface area contributed by atoms with E-state index < -0.39 is 5.63 Å². The number of Topliss-reactive ketones (excluding diaryl/α,β-unsaturated/α-hetero) is 1. The van der Waals surface area contributed by atoms with Crippen molar-refractivity contribution in [1.29, 1.82) is 0 Å². The third-order valence-corrected chi connectivity index (χ3v) is 3.63. The molecular weight excluding hydrogens is 272 g/mol. The zero-order chi connectivity index (χ0) is 15.1. The molecule has 1 N–H and O–H groups in total. The van der Waals surface area contributed by atoms with Crippen LogP contribution in [0.2, 0.25) is 0 Å². The zero-order valence-electron chi connectivity index (χ0n) is 11.9. The lowest BCUT2D eigenvalue weighted by Gasteiger charge is -2.25. The maximum Gasteiger partial charge on any atom is 0.336 e. The molecule has 5 heteroatoms. The first-order valence-corrected chi connectivity index (χ1v) is 7.03. The summed E-state index contributed by atoms with van der Waals surface area (Å²) in [5.41, 5.74) is 0.765. The number of rotatable bonds is 3. The Morgan fingerprint density at radius 1 is 1.43 bits per heavy atom. The molecule has 5 nitrogen and oxygen atoms in total. The molecule has 0 bridgehead atoms. The second-order valence-corrected chi connectivity index (χ2v) is 5.37. The Morgan fingerprint density at radius 3 is 2.90 bits per heavy atom. The Kier molecular flexibility index (Phi) is 3.20. The molecule has 0 radical (unpaired) electrons. The number of ketones is 1. The molecule has 3 rings (SSSR count). The van der Waals surface area contributed by atoms with Crippen LogP contribution in [-0.4, -0.2) is 17.0 Å². The predicted octanol–water partition coefficient (Wildman–Crippen LogP) is 2.80. The second kappa shape index (κ2) is 4.91. The zero-order valence-corrected chi connectivity index (χ0v) is 11.9. The van der Waals surface area contributed by atoms with Crippen LogP contribution in [0.5, 0.6) is 11.5 Å². The third kappa shape index (κ3) is 2.18. The number of ether oxygens (including phenoxy) is 1. The summed E-state index contributed by atoms with van der Waals surface area (Å²) in [6.45, 7) is 3.76. The number of carbonyl (C=O) groups excluding carboxylic acids is 1. The first-order valence-electron chi connectivity index (χ1n) is 7.03. The van der Waals surface area contributed by atoms with Crippen molar-refractivity contribution in [3.63, 3.8) is 0 Å². The Morgan fingerprint density at radius 2 is 2.19 bits per heavy atom. The molecule has 2 heterocycles. The molecule has 1 aliphatic heterocycles. The first kappa shape index (κ1) is 13.7. The number of aromatic hydroxyl groups is 1. The third-order valence-electron chi connectivity index (χ3n) is 3.63. The van der Waals surface area contributed by atoms with Gasteiger partial charge in [0.15, 0.2) is 5.78 Å². The molecule has 1 atom stereocenters. The van der Waals surface area contributed by atoms with Crippen LogP contribution in [-0.2, 0) is 6.42 Å². The highest BCUT2D eigenvalue weighted by Gasteiger charge is 2.28. The van der Waals surface area contributed by atoms with E-state index in [1.54, 1.807) is 0 Å². The standard InChI is InChI=1S/C16H16O5/c1-3-4-10(17)15-11(18)7-12-14-9(6-13(19)21-12)5-8(2)20-16(14)15/h6-8,18H,3-5H2,1-2H3. The average molecular weight is 288 g/mol. The van der Waals surface area contributed by atoms with Gasteiger partial charge in [-0.25, -0.2) is 4.79 Å². The van der Waals surface area contributed by atoms with Gasteiger partial charge in [0.05, 0.1) is 5.39 Å². The fourth-order valence-electron chi connectivity index (χ4n) is 2.81.